The number of carbonyl (C=O) groups excluding carboxylic acids is 1. The lowest BCUT2D eigenvalue weighted by atomic mass is 10.3. The first kappa shape index (κ1) is 14.8. The van der Waals surface area contributed by atoms with Crippen LogP contribution in [0.15, 0.2) is 0 Å². The molecule has 0 saturated carbocycles. The normalized spacial score (nSPS) is 18.9. The second-order valence-corrected chi connectivity index (χ2v) is 8.54. The van der Waals surface area contributed by atoms with E-state index in [1.165, 1.54) is 0 Å². The van der Waals surface area contributed by atoms with E-state index in [1.807, 2.05) is 37.4 Å². The maximum atomic E-state index is 11.8. The highest BCUT2D eigenvalue weighted by Gasteiger charge is 2.20. The fraction of sp³-hybridized carbons (Fsp3) is 0.909. The summed E-state index contributed by atoms with van der Waals surface area (Å²) >= 11 is 1.88. The van der Waals surface area contributed by atoms with Crippen molar-refractivity contribution in [3.63, 3.8) is 0 Å². The molecule has 0 aromatic rings. The Labute approximate surface area is 110 Å². The molecule has 0 aromatic carbocycles. The van der Waals surface area contributed by atoms with Crippen LogP contribution >= 0.6 is 11.8 Å². The summed E-state index contributed by atoms with van der Waals surface area (Å²) in [6.07, 6.45) is 0. The van der Waals surface area contributed by atoms with Gasteiger partial charge in [0.1, 0.15) is 0 Å². The monoisotopic (exact) mass is 278 g/mol. The van der Waals surface area contributed by atoms with Crippen LogP contribution < -0.4 is 5.32 Å². The Morgan fingerprint density at radius 1 is 1.35 bits per heavy atom. The van der Waals surface area contributed by atoms with Gasteiger partial charge in [-0.05, 0) is 20.8 Å². The van der Waals surface area contributed by atoms with Crippen molar-refractivity contribution in [3.05, 3.63) is 0 Å². The largest absolute Gasteiger partial charge is 0.337 e. The highest BCUT2D eigenvalue weighted by Crippen LogP contribution is 2.11. The molecule has 0 spiro atoms. The van der Waals surface area contributed by atoms with E-state index >= 15 is 0 Å². The number of hydrogen-bond acceptors (Lipinski definition) is 3. The zero-order valence-electron chi connectivity index (χ0n) is 10.8. The molecule has 4 nitrogen and oxygen atoms in total. The fourth-order valence-corrected chi connectivity index (χ4v) is 3.24. The van der Waals surface area contributed by atoms with E-state index in [-0.39, 0.29) is 10.8 Å². The van der Waals surface area contributed by atoms with Crippen molar-refractivity contribution in [2.24, 2.45) is 0 Å². The molecule has 0 aliphatic carbocycles. The molecule has 1 atom stereocenters. The summed E-state index contributed by atoms with van der Waals surface area (Å²) in [5.74, 6) is 2.56. The van der Waals surface area contributed by atoms with Crippen molar-refractivity contribution in [1.29, 1.82) is 0 Å². The van der Waals surface area contributed by atoms with Gasteiger partial charge in [0.05, 0.1) is 0 Å². The van der Waals surface area contributed by atoms with E-state index in [0.29, 0.717) is 12.3 Å². The van der Waals surface area contributed by atoms with Gasteiger partial charge >= 0.3 is 6.03 Å². The first-order valence-electron chi connectivity index (χ1n) is 5.90. The van der Waals surface area contributed by atoms with Gasteiger partial charge in [-0.3, -0.25) is 4.21 Å². The van der Waals surface area contributed by atoms with Crippen molar-refractivity contribution in [1.82, 2.24) is 10.2 Å². The summed E-state index contributed by atoms with van der Waals surface area (Å²) in [5.41, 5.74) is 0. The molecule has 0 aromatic heterocycles. The summed E-state index contributed by atoms with van der Waals surface area (Å²) < 4.78 is 11.6. The van der Waals surface area contributed by atoms with Crippen LogP contribution in [0.25, 0.3) is 0 Å². The molecule has 6 heteroatoms. The number of thioether (sulfide) groups is 1. The van der Waals surface area contributed by atoms with Crippen molar-refractivity contribution < 1.29 is 9.00 Å². The van der Waals surface area contributed by atoms with Crippen LogP contribution in [-0.2, 0) is 10.8 Å². The van der Waals surface area contributed by atoms with E-state index in [9.17, 15) is 9.00 Å². The molecule has 2 amide bonds. The van der Waals surface area contributed by atoms with Crippen LogP contribution in [0.4, 0.5) is 4.79 Å². The van der Waals surface area contributed by atoms with Crippen LogP contribution in [-0.4, -0.2) is 56.8 Å². The van der Waals surface area contributed by atoms with Crippen LogP contribution in [0, 0.1) is 0 Å². The molecular weight excluding hydrogens is 256 g/mol. The quantitative estimate of drug-likeness (QED) is 0.846. The van der Waals surface area contributed by atoms with Gasteiger partial charge in [-0.25, -0.2) is 4.79 Å². The smallest absolute Gasteiger partial charge is 0.317 e. The first-order valence-corrected chi connectivity index (χ1v) is 8.37. The van der Waals surface area contributed by atoms with E-state index in [1.54, 1.807) is 0 Å². The standard InChI is InChI=1S/C11H22N2O2S2/c1-11(2,3)17(15)9-4-12-10(14)13-5-7-16-8-6-13/h4-9H2,1-3H3,(H,12,14). The molecule has 0 radical (unpaired) electrons. The molecule has 1 heterocycles. The Kier molecular flexibility index (Phi) is 5.79. The summed E-state index contributed by atoms with van der Waals surface area (Å²) in [6, 6.07) is -0.0174. The lowest BCUT2D eigenvalue weighted by molar-refractivity contribution is 0.204. The Morgan fingerprint density at radius 3 is 2.47 bits per heavy atom. The molecule has 1 rings (SSSR count). The minimum Gasteiger partial charge on any atom is -0.337 e. The van der Waals surface area contributed by atoms with Gasteiger partial charge < -0.3 is 10.2 Å². The van der Waals surface area contributed by atoms with E-state index in [2.05, 4.69) is 5.32 Å². The van der Waals surface area contributed by atoms with Gasteiger partial charge in [-0.1, -0.05) is 0 Å². The Morgan fingerprint density at radius 2 is 1.94 bits per heavy atom. The molecule has 1 saturated heterocycles. The third-order valence-electron chi connectivity index (χ3n) is 2.54. The summed E-state index contributed by atoms with van der Waals surface area (Å²) in [5, 5.41) is 2.84. The second-order valence-electron chi connectivity index (χ2n) is 4.99. The van der Waals surface area contributed by atoms with E-state index < -0.39 is 10.8 Å². The molecule has 1 unspecified atom stereocenters. The van der Waals surface area contributed by atoms with Gasteiger partial charge in [0.2, 0.25) is 0 Å². The number of rotatable bonds is 3. The molecule has 100 valence electrons. The molecule has 1 aliphatic rings. The highest BCUT2D eigenvalue weighted by molar-refractivity contribution is 7.99. The average molecular weight is 278 g/mol. The fourth-order valence-electron chi connectivity index (χ4n) is 1.44. The molecule has 17 heavy (non-hydrogen) atoms. The molecule has 0 bridgehead atoms. The predicted molar refractivity (Wildman–Crippen MR) is 75.1 cm³/mol. The first-order chi connectivity index (χ1) is 7.91. The number of hydrogen-bond donors (Lipinski definition) is 1. The van der Waals surface area contributed by atoms with Crippen LogP contribution in [0.2, 0.25) is 0 Å². The van der Waals surface area contributed by atoms with Crippen LogP contribution in [0.3, 0.4) is 0 Å². The summed E-state index contributed by atoms with van der Waals surface area (Å²) in [7, 11) is -0.896. The lowest BCUT2D eigenvalue weighted by Crippen LogP contribution is -2.45. The van der Waals surface area contributed by atoms with Crippen LogP contribution in [0.5, 0.6) is 0 Å². The predicted octanol–water partition coefficient (Wildman–Crippen LogP) is 1.29. The summed E-state index contributed by atoms with van der Waals surface area (Å²) in [4.78, 5) is 13.6. The second kappa shape index (κ2) is 6.64. The Bertz CT molecular complexity index is 284. The SMILES string of the molecule is CC(C)(C)S(=O)CCNC(=O)N1CCSCC1. The zero-order valence-corrected chi connectivity index (χ0v) is 12.5. The molecular formula is C11H22N2O2S2. The van der Waals surface area contributed by atoms with Gasteiger partial charge in [-0.15, -0.1) is 0 Å². The van der Waals surface area contributed by atoms with Crippen molar-refractivity contribution in [3.8, 4) is 0 Å². The minimum absolute atomic E-state index is 0.0174. The number of urea groups is 1. The third kappa shape index (κ3) is 5.29. The van der Waals surface area contributed by atoms with E-state index in [4.69, 9.17) is 0 Å². The number of nitrogens with one attached hydrogen (secondary N) is 1. The number of nitrogens with zero attached hydrogens (tertiary/aromatic N) is 1. The van der Waals surface area contributed by atoms with Gasteiger partial charge in [0.15, 0.2) is 0 Å². The lowest BCUT2D eigenvalue weighted by Gasteiger charge is -2.26. The number of carbonyl (C=O) groups is 1. The highest BCUT2D eigenvalue weighted by atomic mass is 32.2. The van der Waals surface area contributed by atoms with Crippen molar-refractivity contribution >= 4 is 28.6 Å². The molecule has 1 N–H and O–H groups in total. The molecule has 1 aliphatic heterocycles. The van der Waals surface area contributed by atoms with E-state index in [0.717, 1.165) is 24.6 Å². The van der Waals surface area contributed by atoms with Crippen molar-refractivity contribution in [2.75, 3.05) is 36.9 Å². The Balaban J connectivity index is 2.22. The molecule has 1 fully saturated rings. The third-order valence-corrected chi connectivity index (χ3v) is 5.43. The number of amides is 2. The minimum atomic E-state index is -0.896. The van der Waals surface area contributed by atoms with Gasteiger partial charge in [0.25, 0.3) is 0 Å². The zero-order chi connectivity index (χ0) is 12.9. The van der Waals surface area contributed by atoms with Crippen LogP contribution in [0.1, 0.15) is 20.8 Å². The van der Waals surface area contributed by atoms with Gasteiger partial charge in [0, 0.05) is 52.4 Å². The summed E-state index contributed by atoms with van der Waals surface area (Å²) in [6.45, 7) is 7.98. The average Bonchev–Trinajstić information content (AvgIpc) is 2.28. The topological polar surface area (TPSA) is 49.4 Å². The maximum Gasteiger partial charge on any atom is 0.317 e. The van der Waals surface area contributed by atoms with Crippen molar-refractivity contribution in [2.45, 2.75) is 25.5 Å². The van der Waals surface area contributed by atoms with Gasteiger partial charge in [-0.2, -0.15) is 11.8 Å². The Hall–Kier alpha value is -0.230. The maximum absolute atomic E-state index is 11.8.